The van der Waals surface area contributed by atoms with Crippen LogP contribution in [0.3, 0.4) is 0 Å². The van der Waals surface area contributed by atoms with Crippen molar-refractivity contribution < 1.29 is 14.7 Å². The number of hydrogen-bond donors (Lipinski definition) is 2. The van der Waals surface area contributed by atoms with Crippen LogP contribution in [-0.2, 0) is 9.59 Å². The van der Waals surface area contributed by atoms with Gasteiger partial charge in [-0.05, 0) is 52.6 Å². The lowest BCUT2D eigenvalue weighted by Crippen LogP contribution is -2.51. The number of carboxylic acid groups (broad SMARTS) is 1. The summed E-state index contributed by atoms with van der Waals surface area (Å²) < 4.78 is 0. The first-order chi connectivity index (χ1) is 9.99. The number of carboxylic acids is 1. The smallest absolute Gasteiger partial charge is 0.317 e. The number of hydrogen-bond acceptors (Lipinski definition) is 4. The molecule has 122 valence electrons. The third kappa shape index (κ3) is 5.63. The molecule has 1 saturated heterocycles. The van der Waals surface area contributed by atoms with Crippen LogP contribution in [-0.4, -0.2) is 72.1 Å². The van der Waals surface area contributed by atoms with E-state index in [1.165, 1.54) is 0 Å². The fraction of sp³-hybridized carbons (Fsp3) is 0.867. The third-order valence-corrected chi connectivity index (χ3v) is 4.24. The van der Waals surface area contributed by atoms with Crippen LogP contribution >= 0.6 is 0 Å². The lowest BCUT2D eigenvalue weighted by molar-refractivity contribution is -0.136. The number of carbonyl (C=O) groups is 2. The molecule has 1 heterocycles. The van der Waals surface area contributed by atoms with Crippen LogP contribution in [0.5, 0.6) is 0 Å². The highest BCUT2D eigenvalue weighted by Gasteiger charge is 2.29. The quantitative estimate of drug-likeness (QED) is 0.688. The molecule has 2 atom stereocenters. The Bertz CT molecular complexity index is 345. The molecule has 2 unspecified atom stereocenters. The number of aliphatic carboxylic acids is 1. The van der Waals surface area contributed by atoms with Crippen LogP contribution in [0.4, 0.5) is 0 Å². The Morgan fingerprint density at radius 1 is 1.38 bits per heavy atom. The second kappa shape index (κ2) is 9.00. The van der Waals surface area contributed by atoms with Crippen molar-refractivity contribution in [1.82, 2.24) is 15.1 Å². The molecule has 0 aliphatic carbocycles. The Labute approximate surface area is 127 Å². The molecule has 6 heteroatoms. The van der Waals surface area contributed by atoms with Crippen LogP contribution in [0, 0.1) is 5.92 Å². The van der Waals surface area contributed by atoms with Crippen molar-refractivity contribution >= 4 is 11.9 Å². The minimum absolute atomic E-state index is 0.00440. The topological polar surface area (TPSA) is 72.9 Å². The largest absolute Gasteiger partial charge is 0.480 e. The summed E-state index contributed by atoms with van der Waals surface area (Å²) in [6.45, 7) is 10.00. The van der Waals surface area contributed by atoms with Crippen molar-refractivity contribution in [2.45, 2.75) is 39.7 Å². The minimum atomic E-state index is -0.826. The molecule has 0 bridgehead atoms. The van der Waals surface area contributed by atoms with Crippen molar-refractivity contribution in [2.75, 3.05) is 39.3 Å². The van der Waals surface area contributed by atoms with Crippen molar-refractivity contribution in [3.05, 3.63) is 0 Å². The maximum atomic E-state index is 12.4. The number of rotatable bonds is 8. The number of carbonyl (C=O) groups excluding carboxylic acids is 1. The van der Waals surface area contributed by atoms with E-state index >= 15 is 0 Å². The van der Waals surface area contributed by atoms with Gasteiger partial charge in [0.2, 0.25) is 5.91 Å². The maximum Gasteiger partial charge on any atom is 0.317 e. The molecule has 1 fully saturated rings. The Kier molecular flexibility index (Phi) is 7.67. The molecule has 0 aromatic carbocycles. The first-order valence-electron chi connectivity index (χ1n) is 7.94. The van der Waals surface area contributed by atoms with Gasteiger partial charge in [0, 0.05) is 19.6 Å². The van der Waals surface area contributed by atoms with Gasteiger partial charge in [-0.3, -0.25) is 14.5 Å². The van der Waals surface area contributed by atoms with Gasteiger partial charge in [0.05, 0.1) is 12.6 Å². The monoisotopic (exact) mass is 299 g/mol. The zero-order valence-corrected chi connectivity index (χ0v) is 13.5. The van der Waals surface area contributed by atoms with E-state index in [9.17, 15) is 9.59 Å². The Balaban J connectivity index is 2.47. The number of piperidine rings is 1. The normalized spacial score (nSPS) is 21.0. The van der Waals surface area contributed by atoms with Gasteiger partial charge in [-0.1, -0.05) is 0 Å². The fourth-order valence-corrected chi connectivity index (χ4v) is 2.95. The Hall–Kier alpha value is -1.14. The highest BCUT2D eigenvalue weighted by Crippen LogP contribution is 2.18. The molecule has 0 aromatic rings. The van der Waals surface area contributed by atoms with Gasteiger partial charge >= 0.3 is 5.97 Å². The predicted molar refractivity (Wildman–Crippen MR) is 82.2 cm³/mol. The third-order valence-electron chi connectivity index (χ3n) is 4.24. The second-order valence-electron chi connectivity index (χ2n) is 5.71. The molecule has 1 amide bonds. The summed E-state index contributed by atoms with van der Waals surface area (Å²) in [5.74, 6) is -0.211. The fourth-order valence-electron chi connectivity index (χ4n) is 2.95. The SMILES string of the molecule is CCN(CC)C(=O)C(C)N1CCCC(CNCC(=O)O)C1. The molecule has 21 heavy (non-hydrogen) atoms. The molecule has 1 aliphatic rings. The van der Waals surface area contributed by atoms with E-state index in [4.69, 9.17) is 5.11 Å². The van der Waals surface area contributed by atoms with Gasteiger partial charge in [-0.25, -0.2) is 0 Å². The molecule has 2 N–H and O–H groups in total. The number of amides is 1. The molecule has 1 rings (SSSR count). The van der Waals surface area contributed by atoms with Gasteiger partial charge in [0.1, 0.15) is 0 Å². The summed E-state index contributed by atoms with van der Waals surface area (Å²) in [5, 5.41) is 11.6. The van der Waals surface area contributed by atoms with E-state index < -0.39 is 5.97 Å². The van der Waals surface area contributed by atoms with E-state index in [1.54, 1.807) is 0 Å². The van der Waals surface area contributed by atoms with E-state index in [0.29, 0.717) is 12.5 Å². The van der Waals surface area contributed by atoms with Crippen LogP contribution in [0.2, 0.25) is 0 Å². The second-order valence-corrected chi connectivity index (χ2v) is 5.71. The zero-order valence-electron chi connectivity index (χ0n) is 13.5. The molecule has 6 nitrogen and oxygen atoms in total. The summed E-state index contributed by atoms with van der Waals surface area (Å²) in [6.07, 6.45) is 2.16. The predicted octanol–water partition coefficient (Wildman–Crippen LogP) is 0.630. The van der Waals surface area contributed by atoms with Gasteiger partial charge in [0.15, 0.2) is 0 Å². The van der Waals surface area contributed by atoms with Crippen molar-refractivity contribution in [2.24, 2.45) is 5.92 Å². The van der Waals surface area contributed by atoms with Crippen LogP contribution in [0.25, 0.3) is 0 Å². The molecule has 1 aliphatic heterocycles. The summed E-state index contributed by atoms with van der Waals surface area (Å²) >= 11 is 0. The number of nitrogens with zero attached hydrogens (tertiary/aromatic N) is 2. The van der Waals surface area contributed by atoms with Gasteiger partial charge in [0.25, 0.3) is 0 Å². The molecular weight excluding hydrogens is 270 g/mol. The van der Waals surface area contributed by atoms with Gasteiger partial charge < -0.3 is 15.3 Å². The average molecular weight is 299 g/mol. The van der Waals surface area contributed by atoms with Crippen molar-refractivity contribution in [1.29, 1.82) is 0 Å². The number of likely N-dealkylation sites (tertiary alicyclic amines) is 1. The highest BCUT2D eigenvalue weighted by molar-refractivity contribution is 5.81. The summed E-state index contributed by atoms with van der Waals surface area (Å²) in [5.41, 5.74) is 0. The lowest BCUT2D eigenvalue weighted by Gasteiger charge is -2.37. The zero-order chi connectivity index (χ0) is 15.8. The standard InChI is InChI=1S/C15H29N3O3/c1-4-17(5-2)15(21)12(3)18-8-6-7-13(11-18)9-16-10-14(19)20/h12-13,16H,4-11H2,1-3H3,(H,19,20). The van der Waals surface area contributed by atoms with Crippen LogP contribution in [0.1, 0.15) is 33.6 Å². The minimum Gasteiger partial charge on any atom is -0.480 e. The first kappa shape index (κ1) is 17.9. The Morgan fingerprint density at radius 2 is 2.05 bits per heavy atom. The molecule has 0 radical (unpaired) electrons. The Morgan fingerprint density at radius 3 is 2.62 bits per heavy atom. The molecule has 0 aromatic heterocycles. The van der Waals surface area contributed by atoms with Crippen LogP contribution in [0.15, 0.2) is 0 Å². The number of nitrogens with one attached hydrogen (secondary N) is 1. The highest BCUT2D eigenvalue weighted by atomic mass is 16.4. The molecular formula is C15H29N3O3. The summed E-state index contributed by atoms with van der Waals surface area (Å²) in [7, 11) is 0. The van der Waals surface area contributed by atoms with E-state index in [2.05, 4.69) is 10.2 Å². The van der Waals surface area contributed by atoms with E-state index in [1.807, 2.05) is 25.7 Å². The van der Waals surface area contributed by atoms with Gasteiger partial charge in [-0.15, -0.1) is 0 Å². The maximum absolute atomic E-state index is 12.4. The summed E-state index contributed by atoms with van der Waals surface area (Å²) in [6, 6.07) is -0.0906. The average Bonchev–Trinajstić information content (AvgIpc) is 2.47. The van der Waals surface area contributed by atoms with Crippen LogP contribution < -0.4 is 5.32 Å². The number of likely N-dealkylation sites (N-methyl/N-ethyl adjacent to an activating group) is 1. The van der Waals surface area contributed by atoms with E-state index in [0.717, 1.165) is 39.0 Å². The molecule has 0 spiro atoms. The van der Waals surface area contributed by atoms with E-state index in [-0.39, 0.29) is 18.5 Å². The first-order valence-corrected chi connectivity index (χ1v) is 7.94. The van der Waals surface area contributed by atoms with Gasteiger partial charge in [-0.2, -0.15) is 0 Å². The molecule has 0 saturated carbocycles. The lowest BCUT2D eigenvalue weighted by atomic mass is 9.96. The van der Waals surface area contributed by atoms with Crippen molar-refractivity contribution in [3.8, 4) is 0 Å². The summed E-state index contributed by atoms with van der Waals surface area (Å²) in [4.78, 5) is 27.0. The van der Waals surface area contributed by atoms with Crippen molar-refractivity contribution in [3.63, 3.8) is 0 Å².